The molecule has 0 saturated carbocycles. The van der Waals surface area contributed by atoms with E-state index in [0.717, 1.165) is 45.6 Å². The Kier molecular flexibility index (Phi) is 7.23. The molecule has 0 bridgehead atoms. The Morgan fingerprint density at radius 2 is 2.39 bits per heavy atom. The fourth-order valence-electron chi connectivity index (χ4n) is 2.23. The van der Waals surface area contributed by atoms with Gasteiger partial charge in [-0.15, -0.1) is 0 Å². The number of hydrogen-bond acceptors (Lipinski definition) is 4. The lowest BCUT2D eigenvalue weighted by molar-refractivity contribution is -0.139. The minimum absolute atomic E-state index is 0.249. The highest BCUT2D eigenvalue weighted by Gasteiger charge is 2.20. The molecule has 0 amide bonds. The molecule has 0 aromatic carbocycles. The highest BCUT2D eigenvalue weighted by Crippen LogP contribution is 2.07. The molecule has 1 heterocycles. The molecule has 0 aromatic heterocycles. The molecule has 1 saturated heterocycles. The van der Waals surface area contributed by atoms with Crippen molar-refractivity contribution in [2.45, 2.75) is 45.3 Å². The Bertz CT molecular complexity index is 248. The number of rotatable bonds is 7. The zero-order chi connectivity index (χ0) is 13.4. The number of carbonyl (C=O) groups is 1. The van der Waals surface area contributed by atoms with Crippen molar-refractivity contribution < 1.29 is 14.6 Å². The van der Waals surface area contributed by atoms with Gasteiger partial charge in [0, 0.05) is 26.2 Å². The average molecular weight is 258 g/mol. The highest BCUT2D eigenvalue weighted by molar-refractivity contribution is 5.73. The van der Waals surface area contributed by atoms with Gasteiger partial charge in [0.15, 0.2) is 0 Å². The summed E-state index contributed by atoms with van der Waals surface area (Å²) in [5.74, 6) is -0.748. The van der Waals surface area contributed by atoms with Crippen LogP contribution in [-0.4, -0.2) is 60.9 Å². The van der Waals surface area contributed by atoms with E-state index in [9.17, 15) is 4.79 Å². The first-order chi connectivity index (χ1) is 8.63. The number of nitrogens with one attached hydrogen (secondary N) is 1. The van der Waals surface area contributed by atoms with Crippen LogP contribution in [0.3, 0.4) is 0 Å². The number of nitrogens with zero attached hydrogens (tertiary/aromatic N) is 1. The molecule has 1 aliphatic heterocycles. The van der Waals surface area contributed by atoms with E-state index in [1.165, 1.54) is 0 Å². The predicted octanol–water partition coefficient (Wildman–Crippen LogP) is 0.940. The van der Waals surface area contributed by atoms with Crippen molar-refractivity contribution in [1.82, 2.24) is 10.2 Å². The summed E-state index contributed by atoms with van der Waals surface area (Å²) in [6.07, 6.45) is 2.89. The molecule has 5 nitrogen and oxygen atoms in total. The highest BCUT2D eigenvalue weighted by atomic mass is 16.5. The Labute approximate surface area is 109 Å². The van der Waals surface area contributed by atoms with Gasteiger partial charge in [-0.2, -0.15) is 0 Å². The summed E-state index contributed by atoms with van der Waals surface area (Å²) >= 11 is 0. The van der Waals surface area contributed by atoms with Gasteiger partial charge in [-0.25, -0.2) is 0 Å². The quantitative estimate of drug-likeness (QED) is 0.711. The lowest BCUT2D eigenvalue weighted by atomic mass is 10.2. The van der Waals surface area contributed by atoms with Crippen molar-refractivity contribution >= 4 is 5.97 Å². The normalized spacial score (nSPS) is 23.6. The second kappa shape index (κ2) is 8.45. The molecule has 5 heteroatoms. The van der Waals surface area contributed by atoms with E-state index in [1.54, 1.807) is 0 Å². The van der Waals surface area contributed by atoms with Crippen molar-refractivity contribution in [3.63, 3.8) is 0 Å². The maximum absolute atomic E-state index is 11.1. The Morgan fingerprint density at radius 3 is 3.06 bits per heavy atom. The van der Waals surface area contributed by atoms with Gasteiger partial charge in [-0.05, 0) is 32.7 Å². The van der Waals surface area contributed by atoms with Crippen molar-refractivity contribution in [1.29, 1.82) is 0 Å². The van der Waals surface area contributed by atoms with Crippen molar-refractivity contribution in [3.8, 4) is 0 Å². The summed E-state index contributed by atoms with van der Waals surface area (Å²) in [4.78, 5) is 13.4. The van der Waals surface area contributed by atoms with Crippen LogP contribution in [0.1, 0.15) is 33.1 Å². The standard InChI is InChI=1S/C13H26N2O3/c1-3-6-14-12(13(16)17)5-8-15-7-4-9-18-11(2)10-15/h11-12,14H,3-10H2,1-2H3,(H,16,17). The molecular formula is C13H26N2O3. The first kappa shape index (κ1) is 15.4. The van der Waals surface area contributed by atoms with E-state index >= 15 is 0 Å². The molecule has 18 heavy (non-hydrogen) atoms. The Hall–Kier alpha value is -0.650. The molecule has 0 aliphatic carbocycles. The molecule has 1 aliphatic rings. The number of carboxylic acids is 1. The predicted molar refractivity (Wildman–Crippen MR) is 70.8 cm³/mol. The van der Waals surface area contributed by atoms with E-state index < -0.39 is 12.0 Å². The van der Waals surface area contributed by atoms with Crippen LogP contribution in [0, 0.1) is 0 Å². The van der Waals surface area contributed by atoms with E-state index in [4.69, 9.17) is 9.84 Å². The molecule has 1 rings (SSSR count). The number of hydrogen-bond donors (Lipinski definition) is 2. The van der Waals surface area contributed by atoms with E-state index in [1.807, 2.05) is 6.92 Å². The fraction of sp³-hybridized carbons (Fsp3) is 0.923. The maximum Gasteiger partial charge on any atom is 0.320 e. The van der Waals surface area contributed by atoms with Crippen LogP contribution in [-0.2, 0) is 9.53 Å². The lowest BCUT2D eigenvalue weighted by Gasteiger charge is -2.23. The molecule has 2 atom stereocenters. The minimum atomic E-state index is -0.748. The van der Waals surface area contributed by atoms with Crippen LogP contribution in [0.5, 0.6) is 0 Å². The van der Waals surface area contributed by atoms with Gasteiger partial charge in [0.1, 0.15) is 6.04 Å². The number of aliphatic carboxylic acids is 1. The topological polar surface area (TPSA) is 61.8 Å². The smallest absolute Gasteiger partial charge is 0.320 e. The van der Waals surface area contributed by atoms with Crippen LogP contribution < -0.4 is 5.32 Å². The second-order valence-corrected chi connectivity index (χ2v) is 4.97. The summed E-state index contributed by atoms with van der Waals surface area (Å²) in [5.41, 5.74) is 0. The zero-order valence-corrected chi connectivity index (χ0v) is 11.5. The lowest BCUT2D eigenvalue weighted by Crippen LogP contribution is -2.41. The molecular weight excluding hydrogens is 232 g/mol. The van der Waals surface area contributed by atoms with E-state index in [-0.39, 0.29) is 6.10 Å². The van der Waals surface area contributed by atoms with Gasteiger partial charge >= 0.3 is 5.97 Å². The first-order valence-electron chi connectivity index (χ1n) is 6.93. The van der Waals surface area contributed by atoms with Crippen molar-refractivity contribution in [2.75, 3.05) is 32.8 Å². The maximum atomic E-state index is 11.1. The van der Waals surface area contributed by atoms with E-state index in [2.05, 4.69) is 17.1 Å². The van der Waals surface area contributed by atoms with Crippen molar-refractivity contribution in [3.05, 3.63) is 0 Å². The van der Waals surface area contributed by atoms with Gasteiger partial charge in [0.05, 0.1) is 6.10 Å². The molecule has 2 unspecified atom stereocenters. The summed E-state index contributed by atoms with van der Waals surface area (Å²) in [7, 11) is 0. The summed E-state index contributed by atoms with van der Waals surface area (Å²) in [5, 5.41) is 12.2. The van der Waals surface area contributed by atoms with Gasteiger partial charge in [-0.3, -0.25) is 4.79 Å². The largest absolute Gasteiger partial charge is 0.480 e. The SMILES string of the molecule is CCCNC(CCN1CCCOC(C)C1)C(=O)O. The molecule has 0 spiro atoms. The van der Waals surface area contributed by atoms with Crippen LogP contribution in [0.4, 0.5) is 0 Å². The Balaban J connectivity index is 2.33. The van der Waals surface area contributed by atoms with Gasteiger partial charge in [-0.1, -0.05) is 6.92 Å². The molecule has 1 fully saturated rings. The zero-order valence-electron chi connectivity index (χ0n) is 11.5. The third-order valence-electron chi connectivity index (χ3n) is 3.21. The average Bonchev–Trinajstić information content (AvgIpc) is 2.53. The second-order valence-electron chi connectivity index (χ2n) is 4.97. The molecule has 0 radical (unpaired) electrons. The third kappa shape index (κ3) is 5.80. The molecule has 0 aromatic rings. The third-order valence-corrected chi connectivity index (χ3v) is 3.21. The van der Waals surface area contributed by atoms with E-state index in [0.29, 0.717) is 6.42 Å². The minimum Gasteiger partial charge on any atom is -0.480 e. The first-order valence-corrected chi connectivity index (χ1v) is 6.93. The number of carboxylic acid groups (broad SMARTS) is 1. The van der Waals surface area contributed by atoms with Gasteiger partial charge in [0.25, 0.3) is 0 Å². The summed E-state index contributed by atoms with van der Waals surface area (Å²) in [6, 6.07) is -0.426. The molecule has 2 N–H and O–H groups in total. The monoisotopic (exact) mass is 258 g/mol. The Morgan fingerprint density at radius 1 is 1.61 bits per heavy atom. The van der Waals surface area contributed by atoms with Crippen LogP contribution in [0.15, 0.2) is 0 Å². The molecule has 106 valence electrons. The summed E-state index contributed by atoms with van der Waals surface area (Å²) < 4.78 is 5.58. The van der Waals surface area contributed by atoms with Gasteiger partial charge in [0.2, 0.25) is 0 Å². The number of ether oxygens (including phenoxy) is 1. The van der Waals surface area contributed by atoms with Crippen molar-refractivity contribution in [2.24, 2.45) is 0 Å². The van der Waals surface area contributed by atoms with Crippen LogP contribution in [0.25, 0.3) is 0 Å². The van der Waals surface area contributed by atoms with Gasteiger partial charge < -0.3 is 20.1 Å². The fourth-order valence-corrected chi connectivity index (χ4v) is 2.23. The van der Waals surface area contributed by atoms with Crippen LogP contribution >= 0.6 is 0 Å². The summed E-state index contributed by atoms with van der Waals surface area (Å²) in [6.45, 7) is 8.42. The van der Waals surface area contributed by atoms with Crippen LogP contribution in [0.2, 0.25) is 0 Å².